The first-order valence-corrected chi connectivity index (χ1v) is 5.61. The van der Waals surface area contributed by atoms with Crippen LogP contribution < -0.4 is 16.6 Å². The van der Waals surface area contributed by atoms with Gasteiger partial charge in [0.1, 0.15) is 11.6 Å². The Bertz CT molecular complexity index is 330. The second-order valence-corrected chi connectivity index (χ2v) is 5.20. The second-order valence-electron chi connectivity index (χ2n) is 5.20. The molecular weight excluding hydrogens is 200 g/mol. The van der Waals surface area contributed by atoms with E-state index >= 15 is 0 Å². The van der Waals surface area contributed by atoms with Gasteiger partial charge in [-0.15, -0.1) is 0 Å². The quantitative estimate of drug-likeness (QED) is 0.541. The monoisotopic (exact) mass is 222 g/mol. The van der Waals surface area contributed by atoms with Crippen molar-refractivity contribution in [3.8, 4) is 0 Å². The van der Waals surface area contributed by atoms with Crippen LogP contribution in [0.3, 0.4) is 0 Å². The highest BCUT2D eigenvalue weighted by Crippen LogP contribution is 2.25. The molecule has 1 unspecified atom stereocenters. The van der Waals surface area contributed by atoms with E-state index in [0.29, 0.717) is 17.2 Å². The SMILES string of the molecule is CC(CNc1cccc(NN)n1)C(C)(C)C. The number of nitrogens with two attached hydrogens (primary N) is 1. The van der Waals surface area contributed by atoms with Crippen LogP contribution in [0.4, 0.5) is 11.6 Å². The Balaban J connectivity index is 2.54. The molecule has 0 aliphatic rings. The van der Waals surface area contributed by atoms with Crippen molar-refractivity contribution in [2.24, 2.45) is 17.2 Å². The van der Waals surface area contributed by atoms with Crippen LogP contribution in [0.2, 0.25) is 0 Å². The fourth-order valence-electron chi connectivity index (χ4n) is 1.18. The molecule has 0 spiro atoms. The topological polar surface area (TPSA) is 63.0 Å². The van der Waals surface area contributed by atoms with Crippen LogP contribution in [0.5, 0.6) is 0 Å². The summed E-state index contributed by atoms with van der Waals surface area (Å²) in [6.45, 7) is 9.86. The van der Waals surface area contributed by atoms with Crippen molar-refractivity contribution in [1.82, 2.24) is 4.98 Å². The van der Waals surface area contributed by atoms with Gasteiger partial charge in [0.05, 0.1) is 0 Å². The highest BCUT2D eigenvalue weighted by atomic mass is 15.3. The molecule has 0 saturated heterocycles. The van der Waals surface area contributed by atoms with Crippen LogP contribution in [0.15, 0.2) is 18.2 Å². The van der Waals surface area contributed by atoms with Crippen molar-refractivity contribution in [2.75, 3.05) is 17.3 Å². The zero-order valence-electron chi connectivity index (χ0n) is 10.5. The molecule has 4 nitrogen and oxygen atoms in total. The minimum Gasteiger partial charge on any atom is -0.370 e. The van der Waals surface area contributed by atoms with Gasteiger partial charge in [0, 0.05) is 6.54 Å². The first-order chi connectivity index (χ1) is 7.43. The standard InChI is InChI=1S/C12H22N4/c1-9(12(2,3)4)8-14-10-6-5-7-11(15-10)16-13/h5-7,9H,8,13H2,1-4H3,(H2,14,15,16). The summed E-state index contributed by atoms with van der Waals surface area (Å²) in [5.74, 6) is 7.40. The number of nitrogen functional groups attached to an aromatic ring is 1. The van der Waals surface area contributed by atoms with Crippen molar-refractivity contribution < 1.29 is 0 Å². The minimum atomic E-state index is 0.302. The molecule has 0 fully saturated rings. The molecule has 4 N–H and O–H groups in total. The molecular formula is C12H22N4. The van der Waals surface area contributed by atoms with Crippen LogP contribution in [-0.2, 0) is 0 Å². The maximum atomic E-state index is 5.30. The Morgan fingerprint density at radius 1 is 1.31 bits per heavy atom. The van der Waals surface area contributed by atoms with E-state index in [1.54, 1.807) is 0 Å². The first kappa shape index (κ1) is 12.8. The van der Waals surface area contributed by atoms with E-state index in [2.05, 4.69) is 43.4 Å². The van der Waals surface area contributed by atoms with E-state index in [4.69, 9.17) is 5.84 Å². The molecule has 0 saturated carbocycles. The van der Waals surface area contributed by atoms with Gasteiger partial charge in [-0.3, -0.25) is 0 Å². The van der Waals surface area contributed by atoms with Gasteiger partial charge in [0.25, 0.3) is 0 Å². The highest BCUT2D eigenvalue weighted by Gasteiger charge is 2.19. The summed E-state index contributed by atoms with van der Waals surface area (Å²) in [5.41, 5.74) is 2.84. The number of hydrogen-bond acceptors (Lipinski definition) is 4. The van der Waals surface area contributed by atoms with Crippen molar-refractivity contribution in [1.29, 1.82) is 0 Å². The number of hydrogen-bond donors (Lipinski definition) is 3. The van der Waals surface area contributed by atoms with Crippen molar-refractivity contribution >= 4 is 11.6 Å². The normalized spacial score (nSPS) is 13.3. The summed E-state index contributed by atoms with van der Waals surface area (Å²) < 4.78 is 0. The molecule has 1 heterocycles. The van der Waals surface area contributed by atoms with Crippen LogP contribution in [0.1, 0.15) is 27.7 Å². The molecule has 1 aromatic rings. The number of nitrogens with one attached hydrogen (secondary N) is 2. The van der Waals surface area contributed by atoms with Gasteiger partial charge in [-0.1, -0.05) is 33.8 Å². The number of hydrazine groups is 1. The largest absolute Gasteiger partial charge is 0.370 e. The maximum absolute atomic E-state index is 5.30. The predicted octanol–water partition coefficient (Wildman–Crippen LogP) is 2.46. The molecule has 0 amide bonds. The molecule has 0 radical (unpaired) electrons. The Labute approximate surface area is 97.6 Å². The summed E-state index contributed by atoms with van der Waals surface area (Å²) in [7, 11) is 0. The molecule has 0 aliphatic carbocycles. The maximum Gasteiger partial charge on any atom is 0.142 e. The molecule has 16 heavy (non-hydrogen) atoms. The Hall–Kier alpha value is -1.29. The van der Waals surface area contributed by atoms with Gasteiger partial charge in [0.15, 0.2) is 0 Å². The van der Waals surface area contributed by atoms with Gasteiger partial charge in [-0.25, -0.2) is 10.8 Å². The number of rotatable bonds is 4. The smallest absolute Gasteiger partial charge is 0.142 e. The molecule has 0 aromatic carbocycles. The molecule has 0 aliphatic heterocycles. The van der Waals surface area contributed by atoms with Gasteiger partial charge in [-0.05, 0) is 23.5 Å². The summed E-state index contributed by atoms with van der Waals surface area (Å²) in [6.07, 6.45) is 0. The van der Waals surface area contributed by atoms with Gasteiger partial charge in [-0.2, -0.15) is 0 Å². The fraction of sp³-hybridized carbons (Fsp3) is 0.583. The van der Waals surface area contributed by atoms with E-state index in [1.165, 1.54) is 0 Å². The Morgan fingerprint density at radius 3 is 2.50 bits per heavy atom. The number of aromatic nitrogens is 1. The minimum absolute atomic E-state index is 0.302. The predicted molar refractivity (Wildman–Crippen MR) is 69.2 cm³/mol. The van der Waals surface area contributed by atoms with Crippen molar-refractivity contribution in [3.63, 3.8) is 0 Å². The molecule has 1 atom stereocenters. The Kier molecular flexibility index (Phi) is 4.12. The average molecular weight is 222 g/mol. The zero-order valence-corrected chi connectivity index (χ0v) is 10.5. The molecule has 0 bridgehead atoms. The van der Waals surface area contributed by atoms with E-state index in [9.17, 15) is 0 Å². The second kappa shape index (κ2) is 5.16. The van der Waals surface area contributed by atoms with Gasteiger partial charge < -0.3 is 10.7 Å². The van der Waals surface area contributed by atoms with Crippen molar-refractivity contribution in [2.45, 2.75) is 27.7 Å². The zero-order chi connectivity index (χ0) is 12.2. The van der Waals surface area contributed by atoms with Crippen molar-refractivity contribution in [3.05, 3.63) is 18.2 Å². The number of pyridine rings is 1. The average Bonchev–Trinajstić information content (AvgIpc) is 2.25. The third kappa shape index (κ3) is 3.70. The van der Waals surface area contributed by atoms with Crippen LogP contribution in [0, 0.1) is 11.3 Å². The summed E-state index contributed by atoms with van der Waals surface area (Å²) >= 11 is 0. The first-order valence-electron chi connectivity index (χ1n) is 5.61. The molecule has 90 valence electrons. The molecule has 1 aromatic heterocycles. The molecule has 1 rings (SSSR count). The van der Waals surface area contributed by atoms with Gasteiger partial charge >= 0.3 is 0 Å². The third-order valence-corrected chi connectivity index (χ3v) is 2.96. The lowest BCUT2D eigenvalue weighted by Crippen LogP contribution is -2.25. The lowest BCUT2D eigenvalue weighted by atomic mass is 9.82. The van der Waals surface area contributed by atoms with Crippen LogP contribution >= 0.6 is 0 Å². The van der Waals surface area contributed by atoms with E-state index in [-0.39, 0.29) is 0 Å². The van der Waals surface area contributed by atoms with Gasteiger partial charge in [0.2, 0.25) is 0 Å². The lowest BCUT2D eigenvalue weighted by Gasteiger charge is -2.27. The van der Waals surface area contributed by atoms with Crippen LogP contribution in [0.25, 0.3) is 0 Å². The van der Waals surface area contributed by atoms with Crippen LogP contribution in [-0.4, -0.2) is 11.5 Å². The third-order valence-electron chi connectivity index (χ3n) is 2.96. The molecule has 4 heteroatoms. The Morgan fingerprint density at radius 2 is 1.94 bits per heavy atom. The van der Waals surface area contributed by atoms with E-state index in [0.717, 1.165) is 12.4 Å². The lowest BCUT2D eigenvalue weighted by molar-refractivity contribution is 0.274. The number of nitrogens with zero attached hydrogens (tertiary/aromatic N) is 1. The fourth-order valence-corrected chi connectivity index (χ4v) is 1.18. The summed E-state index contributed by atoms with van der Waals surface area (Å²) in [5, 5.41) is 3.32. The number of anilines is 2. The summed E-state index contributed by atoms with van der Waals surface area (Å²) in [6, 6.07) is 5.70. The highest BCUT2D eigenvalue weighted by molar-refractivity contribution is 5.44. The van der Waals surface area contributed by atoms with E-state index < -0.39 is 0 Å². The summed E-state index contributed by atoms with van der Waals surface area (Å²) in [4.78, 5) is 4.30. The van der Waals surface area contributed by atoms with E-state index in [1.807, 2.05) is 18.2 Å².